The summed E-state index contributed by atoms with van der Waals surface area (Å²) in [6, 6.07) is 12.0. The quantitative estimate of drug-likeness (QED) is 0.534. The van der Waals surface area contributed by atoms with Crippen LogP contribution in [0.4, 0.5) is 15.3 Å². The molecule has 0 aromatic heterocycles. The Morgan fingerprint density at radius 2 is 1.79 bits per heavy atom. The maximum atomic E-state index is 12.9. The zero-order valence-electron chi connectivity index (χ0n) is 19.9. The molecule has 8 heteroatoms. The van der Waals surface area contributed by atoms with Gasteiger partial charge >= 0.3 is 12.2 Å². The molecule has 2 aliphatic rings. The number of anilines is 1. The molecule has 0 saturated carbocycles. The molecule has 0 N–H and O–H groups in total. The van der Waals surface area contributed by atoms with Gasteiger partial charge < -0.3 is 19.1 Å². The first-order chi connectivity index (χ1) is 16.2. The Balaban J connectivity index is 1.48. The number of nitrogens with zero attached hydrogens (tertiary/aromatic N) is 2. The first-order valence-electron chi connectivity index (χ1n) is 11.7. The summed E-state index contributed by atoms with van der Waals surface area (Å²) in [7, 11) is 0. The van der Waals surface area contributed by atoms with E-state index >= 15 is 0 Å². The minimum atomic E-state index is -0.537. The summed E-state index contributed by atoms with van der Waals surface area (Å²) < 4.78 is 17.9. The average Bonchev–Trinajstić information content (AvgIpc) is 3.01. The number of hydrogen-bond donors (Lipinski definition) is 0. The smallest absolute Gasteiger partial charge is 0.414 e. The van der Waals surface area contributed by atoms with Gasteiger partial charge in [-0.05, 0) is 72.3 Å². The van der Waals surface area contributed by atoms with Crippen LogP contribution in [0.1, 0.15) is 37.5 Å². The lowest BCUT2D eigenvalue weighted by Crippen LogP contribution is -2.39. The third-order valence-corrected chi connectivity index (χ3v) is 6.70. The molecule has 0 atom stereocenters. The summed E-state index contributed by atoms with van der Waals surface area (Å²) in [4.78, 5) is 28.9. The van der Waals surface area contributed by atoms with Crippen LogP contribution in [0.5, 0.6) is 5.75 Å². The molecule has 0 radical (unpaired) electrons. The van der Waals surface area contributed by atoms with E-state index in [0.717, 1.165) is 21.2 Å². The molecule has 0 unspecified atom stereocenters. The molecule has 0 saturated heterocycles. The molecule has 2 amide bonds. The number of halogens is 1. The molecule has 4 rings (SSSR count). The van der Waals surface area contributed by atoms with Crippen LogP contribution in [0, 0.1) is 0 Å². The molecule has 7 nitrogen and oxygen atoms in total. The second-order valence-electron chi connectivity index (χ2n) is 9.49. The van der Waals surface area contributed by atoms with Crippen molar-refractivity contribution in [2.45, 2.75) is 45.6 Å². The molecule has 0 aliphatic carbocycles. The number of carbonyl (C=O) groups excluding carboxylic acids is 2. The van der Waals surface area contributed by atoms with Gasteiger partial charge in [0.15, 0.2) is 5.75 Å². The average molecular weight is 531 g/mol. The van der Waals surface area contributed by atoms with Gasteiger partial charge in [0, 0.05) is 19.5 Å². The molecule has 2 aromatic rings. The number of fused-ring (bicyclic) bond motifs is 2. The van der Waals surface area contributed by atoms with Crippen molar-refractivity contribution in [2.75, 3.05) is 37.7 Å². The molecule has 0 spiro atoms. The minimum Gasteiger partial charge on any atom is -0.488 e. The number of hydrogen-bond acceptors (Lipinski definition) is 5. The molecule has 0 fully saturated rings. The van der Waals surface area contributed by atoms with E-state index in [9.17, 15) is 9.59 Å². The maximum absolute atomic E-state index is 12.9. The van der Waals surface area contributed by atoms with Crippen LogP contribution >= 0.6 is 15.9 Å². The van der Waals surface area contributed by atoms with E-state index in [1.165, 1.54) is 0 Å². The lowest BCUT2D eigenvalue weighted by molar-refractivity contribution is 0.0258. The van der Waals surface area contributed by atoms with Gasteiger partial charge in [-0.1, -0.05) is 30.3 Å². The Labute approximate surface area is 209 Å². The first kappa shape index (κ1) is 24.4. The SMILES string of the molecule is CC(C)(C)OC(=O)N1CCc2cc3c(c(Br)c2CC1)OCCN3C(=O)OCCc1ccccc1. The molecule has 0 bridgehead atoms. The van der Waals surface area contributed by atoms with Gasteiger partial charge in [0.1, 0.15) is 12.2 Å². The lowest BCUT2D eigenvalue weighted by atomic mass is 10.0. The Morgan fingerprint density at radius 3 is 2.53 bits per heavy atom. The lowest BCUT2D eigenvalue weighted by Gasteiger charge is -2.31. The van der Waals surface area contributed by atoms with Crippen LogP contribution in [-0.2, 0) is 28.7 Å². The predicted molar refractivity (Wildman–Crippen MR) is 134 cm³/mol. The fourth-order valence-corrected chi connectivity index (χ4v) is 4.96. The summed E-state index contributed by atoms with van der Waals surface area (Å²) in [5, 5.41) is 0. The standard InChI is InChI=1S/C26H31BrN2O5/c1-26(2,3)34-24(30)28-12-9-19-17-21-23(22(27)20(19)10-13-28)32-16-14-29(21)25(31)33-15-11-18-7-5-4-6-8-18/h4-8,17H,9-16H2,1-3H3. The molecule has 2 aromatic carbocycles. The van der Waals surface area contributed by atoms with Gasteiger partial charge in [0.25, 0.3) is 0 Å². The highest BCUT2D eigenvalue weighted by atomic mass is 79.9. The van der Waals surface area contributed by atoms with Crippen LogP contribution in [0.3, 0.4) is 0 Å². The van der Waals surface area contributed by atoms with Crippen LogP contribution in [0.2, 0.25) is 0 Å². The van der Waals surface area contributed by atoms with Gasteiger partial charge in [-0.2, -0.15) is 0 Å². The molecular formula is C26H31BrN2O5. The van der Waals surface area contributed by atoms with Crippen LogP contribution in [-0.4, -0.2) is 55.5 Å². The van der Waals surface area contributed by atoms with E-state index in [2.05, 4.69) is 15.9 Å². The fraction of sp³-hybridized carbons (Fsp3) is 0.462. The van der Waals surface area contributed by atoms with E-state index in [4.69, 9.17) is 14.2 Å². The third kappa shape index (κ3) is 5.66. The van der Waals surface area contributed by atoms with Crippen molar-refractivity contribution in [3.8, 4) is 5.75 Å². The second kappa shape index (κ2) is 10.3. The van der Waals surface area contributed by atoms with E-state index in [-0.39, 0.29) is 12.2 Å². The molecule has 182 valence electrons. The van der Waals surface area contributed by atoms with Crippen molar-refractivity contribution in [1.29, 1.82) is 0 Å². The zero-order chi connectivity index (χ0) is 24.3. The summed E-state index contributed by atoms with van der Waals surface area (Å²) >= 11 is 3.71. The van der Waals surface area contributed by atoms with E-state index < -0.39 is 5.60 Å². The Morgan fingerprint density at radius 1 is 1.06 bits per heavy atom. The van der Waals surface area contributed by atoms with E-state index in [1.54, 1.807) is 9.80 Å². The van der Waals surface area contributed by atoms with Crippen molar-refractivity contribution in [1.82, 2.24) is 4.90 Å². The molecular weight excluding hydrogens is 500 g/mol. The Bertz CT molecular complexity index is 1050. The Kier molecular flexibility index (Phi) is 7.36. The monoisotopic (exact) mass is 530 g/mol. The van der Waals surface area contributed by atoms with Gasteiger partial charge in [-0.25, -0.2) is 9.59 Å². The number of amides is 2. The van der Waals surface area contributed by atoms with Gasteiger partial charge in [-0.15, -0.1) is 0 Å². The maximum Gasteiger partial charge on any atom is 0.414 e. The van der Waals surface area contributed by atoms with Gasteiger partial charge in [-0.3, -0.25) is 4.90 Å². The number of ether oxygens (including phenoxy) is 3. The van der Waals surface area contributed by atoms with Crippen molar-refractivity contribution in [3.05, 3.63) is 57.6 Å². The third-order valence-electron chi connectivity index (χ3n) is 5.86. The highest BCUT2D eigenvalue weighted by Gasteiger charge is 2.31. The van der Waals surface area contributed by atoms with E-state index in [1.807, 2.05) is 57.2 Å². The summed E-state index contributed by atoms with van der Waals surface area (Å²) in [6.07, 6.45) is 1.32. The molecule has 2 heterocycles. The second-order valence-corrected chi connectivity index (χ2v) is 10.3. The zero-order valence-corrected chi connectivity index (χ0v) is 21.5. The normalized spacial score (nSPS) is 15.5. The summed E-state index contributed by atoms with van der Waals surface area (Å²) in [5.41, 5.74) is 3.48. The van der Waals surface area contributed by atoms with Crippen molar-refractivity contribution < 1.29 is 23.8 Å². The first-order valence-corrected chi connectivity index (χ1v) is 12.5. The van der Waals surface area contributed by atoms with Crippen LogP contribution in [0.15, 0.2) is 40.9 Å². The largest absolute Gasteiger partial charge is 0.488 e. The summed E-state index contributed by atoms with van der Waals surface area (Å²) in [6.45, 7) is 7.84. The van der Waals surface area contributed by atoms with Crippen LogP contribution in [0.25, 0.3) is 0 Å². The molecule has 34 heavy (non-hydrogen) atoms. The van der Waals surface area contributed by atoms with Crippen molar-refractivity contribution in [2.24, 2.45) is 0 Å². The van der Waals surface area contributed by atoms with Crippen LogP contribution < -0.4 is 9.64 Å². The number of benzene rings is 2. The van der Waals surface area contributed by atoms with Crippen molar-refractivity contribution >= 4 is 33.8 Å². The number of rotatable bonds is 3. The van der Waals surface area contributed by atoms with E-state index in [0.29, 0.717) is 63.5 Å². The highest BCUT2D eigenvalue weighted by Crippen LogP contribution is 2.43. The highest BCUT2D eigenvalue weighted by molar-refractivity contribution is 9.10. The van der Waals surface area contributed by atoms with Crippen molar-refractivity contribution in [3.63, 3.8) is 0 Å². The Hall–Kier alpha value is -2.74. The topological polar surface area (TPSA) is 68.3 Å². The van der Waals surface area contributed by atoms with Gasteiger partial charge in [0.2, 0.25) is 0 Å². The predicted octanol–water partition coefficient (Wildman–Crippen LogP) is 5.36. The fourth-order valence-electron chi connectivity index (χ4n) is 4.19. The summed E-state index contributed by atoms with van der Waals surface area (Å²) in [5.74, 6) is 0.649. The minimum absolute atomic E-state index is 0.305. The number of carbonyl (C=O) groups is 2. The van der Waals surface area contributed by atoms with Gasteiger partial charge in [0.05, 0.1) is 23.3 Å². The molecule has 2 aliphatic heterocycles.